The van der Waals surface area contributed by atoms with Crippen molar-refractivity contribution in [2.75, 3.05) is 0 Å². The normalized spacial score (nSPS) is 10.9. The highest BCUT2D eigenvalue weighted by Crippen LogP contribution is 2.29. The van der Waals surface area contributed by atoms with E-state index in [-0.39, 0.29) is 6.07 Å². The molecule has 0 aliphatic carbocycles. The molecule has 0 radical (unpaired) electrons. The molecule has 0 aliphatic rings. The number of fused-ring (bicyclic) bond motifs is 1. The van der Waals surface area contributed by atoms with Crippen LogP contribution in [0.15, 0.2) is 12.1 Å². The van der Waals surface area contributed by atoms with E-state index in [0.717, 1.165) is 0 Å². The second-order valence-corrected chi connectivity index (χ2v) is 3.43. The molecule has 2 aromatic rings. The first-order valence-electron chi connectivity index (χ1n) is 4.53. The van der Waals surface area contributed by atoms with Gasteiger partial charge in [0.2, 0.25) is 0 Å². The fourth-order valence-corrected chi connectivity index (χ4v) is 1.59. The maximum absolute atomic E-state index is 13.6. The minimum absolute atomic E-state index is 0.122. The van der Waals surface area contributed by atoms with Crippen LogP contribution in [-0.2, 0) is 0 Å². The summed E-state index contributed by atoms with van der Waals surface area (Å²) < 4.78 is 66.3. The Bertz CT molecular complexity index is 681. The molecule has 0 atom stereocenters. The van der Waals surface area contributed by atoms with Crippen LogP contribution >= 0.6 is 0 Å². The molecule has 0 spiro atoms. The maximum Gasteiger partial charge on any atom is 0.341 e. The minimum atomic E-state index is -2.00. The van der Waals surface area contributed by atoms with Crippen molar-refractivity contribution >= 4 is 16.7 Å². The number of hydrogen-bond acceptors (Lipinski definition) is 1. The molecule has 2 aromatic carbocycles. The van der Waals surface area contributed by atoms with Gasteiger partial charge in [-0.1, -0.05) is 0 Å². The molecule has 94 valence electrons. The van der Waals surface area contributed by atoms with Crippen LogP contribution in [0.4, 0.5) is 22.0 Å². The molecule has 0 amide bonds. The van der Waals surface area contributed by atoms with Crippen LogP contribution in [-0.4, -0.2) is 11.1 Å². The van der Waals surface area contributed by atoms with Crippen molar-refractivity contribution in [1.82, 2.24) is 0 Å². The lowest BCUT2D eigenvalue weighted by molar-refractivity contribution is 0.0687. The first-order valence-corrected chi connectivity index (χ1v) is 4.53. The van der Waals surface area contributed by atoms with Crippen LogP contribution < -0.4 is 0 Å². The third-order valence-corrected chi connectivity index (χ3v) is 2.37. The van der Waals surface area contributed by atoms with Gasteiger partial charge >= 0.3 is 5.97 Å². The summed E-state index contributed by atoms with van der Waals surface area (Å²) >= 11 is 0. The molecule has 7 heteroatoms. The smallest absolute Gasteiger partial charge is 0.341 e. The number of carbonyl (C=O) groups is 1. The molecule has 2 rings (SSSR count). The molecule has 0 aromatic heterocycles. The Morgan fingerprint density at radius 1 is 0.889 bits per heavy atom. The average Bonchev–Trinajstić information content (AvgIpc) is 2.25. The zero-order chi connectivity index (χ0) is 13.6. The molecule has 0 bridgehead atoms. The fraction of sp³-hybridized carbons (Fsp3) is 0. The summed E-state index contributed by atoms with van der Waals surface area (Å²) in [5, 5.41) is 6.45. The number of aromatic carboxylic acids is 1. The summed E-state index contributed by atoms with van der Waals surface area (Å²) in [6.07, 6.45) is 0. The van der Waals surface area contributed by atoms with Gasteiger partial charge in [0.1, 0.15) is 17.2 Å². The lowest BCUT2D eigenvalue weighted by atomic mass is 10.0. The zero-order valence-corrected chi connectivity index (χ0v) is 8.40. The molecule has 18 heavy (non-hydrogen) atoms. The molecule has 0 saturated carbocycles. The molecular formula is C11H3F5O2. The average molecular weight is 262 g/mol. The summed E-state index contributed by atoms with van der Waals surface area (Å²) in [4.78, 5) is 10.6. The van der Waals surface area contributed by atoms with E-state index in [1.54, 1.807) is 0 Å². The topological polar surface area (TPSA) is 37.3 Å². The van der Waals surface area contributed by atoms with Gasteiger partial charge in [0.15, 0.2) is 17.5 Å². The third kappa shape index (κ3) is 1.59. The van der Waals surface area contributed by atoms with Crippen LogP contribution in [0, 0.1) is 29.1 Å². The molecular weight excluding hydrogens is 259 g/mol. The number of hydrogen-bond donors (Lipinski definition) is 1. The van der Waals surface area contributed by atoms with E-state index in [1.165, 1.54) is 0 Å². The molecule has 2 nitrogen and oxygen atoms in total. The Labute approximate surface area is 96.3 Å². The Balaban J connectivity index is 3.06. The Morgan fingerprint density at radius 3 is 2.06 bits per heavy atom. The van der Waals surface area contributed by atoms with E-state index < -0.39 is 51.4 Å². The van der Waals surface area contributed by atoms with Gasteiger partial charge in [-0.15, -0.1) is 0 Å². The van der Waals surface area contributed by atoms with E-state index in [4.69, 9.17) is 5.11 Å². The van der Waals surface area contributed by atoms with E-state index in [0.29, 0.717) is 6.07 Å². The Hall–Kier alpha value is -2.18. The summed E-state index contributed by atoms with van der Waals surface area (Å²) in [6, 6.07) is 0.427. The summed E-state index contributed by atoms with van der Waals surface area (Å²) in [5.74, 6) is -10.3. The number of carboxylic acid groups (broad SMARTS) is 1. The molecule has 0 saturated heterocycles. The van der Waals surface area contributed by atoms with Gasteiger partial charge in [-0.3, -0.25) is 0 Å². The summed E-state index contributed by atoms with van der Waals surface area (Å²) in [5.41, 5.74) is -1.47. The van der Waals surface area contributed by atoms with E-state index in [9.17, 15) is 26.7 Å². The zero-order valence-electron chi connectivity index (χ0n) is 8.40. The van der Waals surface area contributed by atoms with Gasteiger partial charge < -0.3 is 5.11 Å². The van der Waals surface area contributed by atoms with Crippen molar-refractivity contribution < 1.29 is 31.9 Å². The fourth-order valence-electron chi connectivity index (χ4n) is 1.59. The van der Waals surface area contributed by atoms with Crippen molar-refractivity contribution in [2.24, 2.45) is 0 Å². The third-order valence-electron chi connectivity index (χ3n) is 2.37. The van der Waals surface area contributed by atoms with Gasteiger partial charge in [-0.05, 0) is 6.07 Å². The van der Waals surface area contributed by atoms with E-state index in [1.807, 2.05) is 0 Å². The number of carboxylic acids is 1. The van der Waals surface area contributed by atoms with Crippen molar-refractivity contribution in [3.63, 3.8) is 0 Å². The second kappa shape index (κ2) is 3.94. The Kier molecular flexibility index (Phi) is 2.68. The molecule has 0 unspecified atom stereocenters. The second-order valence-electron chi connectivity index (χ2n) is 3.43. The molecule has 0 aliphatic heterocycles. The Morgan fingerprint density at radius 2 is 1.50 bits per heavy atom. The highest BCUT2D eigenvalue weighted by Gasteiger charge is 2.25. The highest BCUT2D eigenvalue weighted by molar-refractivity contribution is 5.95. The van der Waals surface area contributed by atoms with Crippen LogP contribution in [0.5, 0.6) is 0 Å². The number of halogens is 5. The monoisotopic (exact) mass is 262 g/mol. The van der Waals surface area contributed by atoms with Crippen LogP contribution in [0.3, 0.4) is 0 Å². The predicted molar refractivity (Wildman–Crippen MR) is 50.7 cm³/mol. The van der Waals surface area contributed by atoms with Gasteiger partial charge in [0, 0.05) is 11.5 Å². The lowest BCUT2D eigenvalue weighted by Crippen LogP contribution is -2.07. The first kappa shape index (κ1) is 12.3. The molecule has 1 N–H and O–H groups in total. The van der Waals surface area contributed by atoms with E-state index >= 15 is 0 Å². The molecule has 0 heterocycles. The lowest BCUT2D eigenvalue weighted by Gasteiger charge is -2.07. The number of benzene rings is 2. The van der Waals surface area contributed by atoms with Crippen LogP contribution in [0.2, 0.25) is 0 Å². The highest BCUT2D eigenvalue weighted by atomic mass is 19.2. The van der Waals surface area contributed by atoms with Crippen LogP contribution in [0.1, 0.15) is 10.4 Å². The summed E-state index contributed by atoms with van der Waals surface area (Å²) in [7, 11) is 0. The van der Waals surface area contributed by atoms with E-state index in [2.05, 4.69) is 0 Å². The maximum atomic E-state index is 13.6. The number of rotatable bonds is 1. The van der Waals surface area contributed by atoms with Crippen LogP contribution in [0.25, 0.3) is 10.8 Å². The van der Waals surface area contributed by atoms with Gasteiger partial charge in [0.25, 0.3) is 0 Å². The van der Waals surface area contributed by atoms with Gasteiger partial charge in [0.05, 0.1) is 5.39 Å². The largest absolute Gasteiger partial charge is 0.477 e. The predicted octanol–water partition coefficient (Wildman–Crippen LogP) is 3.23. The van der Waals surface area contributed by atoms with Crippen molar-refractivity contribution in [3.05, 3.63) is 46.8 Å². The first-order chi connectivity index (χ1) is 8.34. The van der Waals surface area contributed by atoms with Crippen molar-refractivity contribution in [1.29, 1.82) is 0 Å². The molecule has 0 fully saturated rings. The minimum Gasteiger partial charge on any atom is -0.477 e. The van der Waals surface area contributed by atoms with Crippen molar-refractivity contribution in [3.8, 4) is 0 Å². The van der Waals surface area contributed by atoms with Gasteiger partial charge in [-0.2, -0.15) is 0 Å². The standard InChI is InChI=1S/C11H3F5O2/c12-4-2-6(14)9(15)7-3(4)1-5(13)8(10(7)16)11(17)18/h1-2H,(H,17,18). The quantitative estimate of drug-likeness (QED) is 0.632. The van der Waals surface area contributed by atoms with Crippen molar-refractivity contribution in [2.45, 2.75) is 0 Å². The SMILES string of the molecule is O=C(O)c1c(F)cc2c(F)cc(F)c(F)c2c1F. The summed E-state index contributed by atoms with van der Waals surface area (Å²) in [6.45, 7) is 0. The van der Waals surface area contributed by atoms with Gasteiger partial charge in [-0.25, -0.2) is 26.7 Å².